The maximum Gasteiger partial charge on any atom is 0.407 e. The zero-order valence-corrected chi connectivity index (χ0v) is 18.8. The van der Waals surface area contributed by atoms with E-state index in [9.17, 15) is 14.4 Å². The van der Waals surface area contributed by atoms with Crippen LogP contribution in [0.5, 0.6) is 0 Å². The van der Waals surface area contributed by atoms with Gasteiger partial charge in [-0.1, -0.05) is 55.5 Å². The van der Waals surface area contributed by atoms with Crippen LogP contribution in [-0.2, 0) is 14.3 Å². The summed E-state index contributed by atoms with van der Waals surface area (Å²) in [6.45, 7) is 3.18. The summed E-state index contributed by atoms with van der Waals surface area (Å²) < 4.78 is 5.60. The summed E-state index contributed by atoms with van der Waals surface area (Å²) in [4.78, 5) is 37.8. The van der Waals surface area contributed by atoms with E-state index in [1.54, 1.807) is 4.90 Å². The van der Waals surface area contributed by atoms with E-state index < -0.39 is 12.1 Å². The number of likely N-dealkylation sites (tertiary alicyclic amines) is 1. The summed E-state index contributed by atoms with van der Waals surface area (Å²) in [5, 5.41) is 11.8. The lowest BCUT2D eigenvalue weighted by Gasteiger charge is -2.22. The van der Waals surface area contributed by atoms with Gasteiger partial charge in [0.05, 0.1) is 0 Å². The molecule has 33 heavy (non-hydrogen) atoms. The Bertz CT molecular complexity index is 991. The molecule has 2 aromatic rings. The Morgan fingerprint density at radius 3 is 2.33 bits per heavy atom. The second-order valence-corrected chi connectivity index (χ2v) is 8.87. The third-order valence-corrected chi connectivity index (χ3v) is 6.68. The van der Waals surface area contributed by atoms with E-state index in [-0.39, 0.29) is 43.2 Å². The molecule has 0 saturated carbocycles. The van der Waals surface area contributed by atoms with Gasteiger partial charge in [0.1, 0.15) is 6.61 Å². The standard InChI is InChI=1S/C26H30N2O5/c1-2-18(14-24(29)28-12-11-17(15-28)13-25(30)31)27-26(32)33-16-23-21-9-5-3-7-19(21)20-8-4-6-10-22(20)23/h3-10,17-18,23H,2,11-16H2,1H3,(H,27,32)(H,30,31)/t17?,18-/m0/s1. The van der Waals surface area contributed by atoms with Gasteiger partial charge < -0.3 is 20.1 Å². The number of alkyl carbamates (subject to hydrolysis) is 1. The zero-order valence-electron chi connectivity index (χ0n) is 18.8. The molecule has 7 heteroatoms. The number of fused-ring (bicyclic) bond motifs is 3. The van der Waals surface area contributed by atoms with Gasteiger partial charge in [-0.2, -0.15) is 0 Å². The Hall–Kier alpha value is -3.35. The van der Waals surface area contributed by atoms with Crippen molar-refractivity contribution in [1.29, 1.82) is 0 Å². The number of carboxylic acid groups (broad SMARTS) is 1. The number of carbonyl (C=O) groups excluding carboxylic acids is 2. The fourth-order valence-corrected chi connectivity index (χ4v) is 4.92. The molecule has 2 aliphatic rings. The van der Waals surface area contributed by atoms with Crippen LogP contribution >= 0.6 is 0 Å². The van der Waals surface area contributed by atoms with Crippen molar-refractivity contribution in [2.24, 2.45) is 5.92 Å². The molecule has 1 aliphatic heterocycles. The van der Waals surface area contributed by atoms with E-state index in [4.69, 9.17) is 9.84 Å². The van der Waals surface area contributed by atoms with Gasteiger partial charge in [0.15, 0.2) is 0 Å². The molecule has 2 aromatic carbocycles. The van der Waals surface area contributed by atoms with Crippen LogP contribution in [0.3, 0.4) is 0 Å². The van der Waals surface area contributed by atoms with E-state index in [2.05, 4.69) is 29.6 Å². The summed E-state index contributed by atoms with van der Waals surface area (Å²) in [5.74, 6) is -0.909. The Kier molecular flexibility index (Phi) is 6.96. The van der Waals surface area contributed by atoms with Crippen molar-refractivity contribution in [1.82, 2.24) is 10.2 Å². The number of aliphatic carboxylic acids is 1. The second kappa shape index (κ2) is 10.1. The van der Waals surface area contributed by atoms with Crippen molar-refractivity contribution in [3.8, 4) is 11.1 Å². The Morgan fingerprint density at radius 2 is 1.73 bits per heavy atom. The minimum atomic E-state index is -0.836. The maximum absolute atomic E-state index is 12.7. The molecule has 0 radical (unpaired) electrons. The maximum atomic E-state index is 12.7. The second-order valence-electron chi connectivity index (χ2n) is 8.87. The highest BCUT2D eigenvalue weighted by atomic mass is 16.5. The number of carboxylic acids is 1. The molecule has 2 atom stereocenters. The first-order valence-corrected chi connectivity index (χ1v) is 11.6. The number of hydrogen-bond acceptors (Lipinski definition) is 4. The monoisotopic (exact) mass is 450 g/mol. The first-order valence-electron chi connectivity index (χ1n) is 11.6. The van der Waals surface area contributed by atoms with Crippen molar-refractivity contribution in [3.63, 3.8) is 0 Å². The molecule has 174 valence electrons. The molecule has 0 spiro atoms. The van der Waals surface area contributed by atoms with Crippen LogP contribution in [-0.4, -0.2) is 53.7 Å². The molecule has 0 bridgehead atoms. The lowest BCUT2D eigenvalue weighted by Crippen LogP contribution is -2.40. The third-order valence-electron chi connectivity index (χ3n) is 6.68. The molecule has 1 unspecified atom stereocenters. The number of ether oxygens (including phenoxy) is 1. The fourth-order valence-electron chi connectivity index (χ4n) is 4.92. The van der Waals surface area contributed by atoms with Gasteiger partial charge in [0.25, 0.3) is 0 Å². The molecule has 2 N–H and O–H groups in total. The number of rotatable bonds is 8. The first kappa shape index (κ1) is 22.8. The molecule has 1 saturated heterocycles. The number of carbonyl (C=O) groups is 3. The molecular weight excluding hydrogens is 420 g/mol. The average Bonchev–Trinajstić information content (AvgIpc) is 3.39. The van der Waals surface area contributed by atoms with Gasteiger partial charge in [-0.25, -0.2) is 4.79 Å². The number of benzene rings is 2. The van der Waals surface area contributed by atoms with E-state index in [0.29, 0.717) is 25.9 Å². The SMILES string of the molecule is CC[C@@H](CC(=O)N1CCC(CC(=O)O)C1)NC(=O)OCC1c2ccccc2-c2ccccc21. The highest BCUT2D eigenvalue weighted by molar-refractivity contribution is 5.80. The van der Waals surface area contributed by atoms with Gasteiger partial charge in [-0.05, 0) is 41.0 Å². The lowest BCUT2D eigenvalue weighted by atomic mass is 9.98. The van der Waals surface area contributed by atoms with Crippen LogP contribution in [0.1, 0.15) is 49.7 Å². The van der Waals surface area contributed by atoms with Gasteiger partial charge in [0.2, 0.25) is 5.91 Å². The van der Waals surface area contributed by atoms with Crippen LogP contribution in [0.4, 0.5) is 4.79 Å². The molecule has 2 amide bonds. The third kappa shape index (κ3) is 5.18. The van der Waals surface area contributed by atoms with E-state index >= 15 is 0 Å². The number of nitrogens with one attached hydrogen (secondary N) is 1. The smallest absolute Gasteiger partial charge is 0.407 e. The van der Waals surface area contributed by atoms with Crippen LogP contribution < -0.4 is 5.32 Å². The van der Waals surface area contributed by atoms with Crippen LogP contribution in [0.2, 0.25) is 0 Å². The van der Waals surface area contributed by atoms with E-state index in [1.165, 1.54) is 11.1 Å². The topological polar surface area (TPSA) is 95.9 Å². The molecule has 7 nitrogen and oxygen atoms in total. The minimum Gasteiger partial charge on any atom is -0.481 e. The van der Waals surface area contributed by atoms with Gasteiger partial charge in [-0.15, -0.1) is 0 Å². The molecule has 4 rings (SSSR count). The van der Waals surface area contributed by atoms with Gasteiger partial charge >= 0.3 is 12.1 Å². The Labute approximate surface area is 193 Å². The quantitative estimate of drug-likeness (QED) is 0.633. The molecule has 0 aromatic heterocycles. The average molecular weight is 451 g/mol. The van der Waals surface area contributed by atoms with Gasteiger partial charge in [-0.3, -0.25) is 9.59 Å². The first-order chi connectivity index (χ1) is 16.0. The largest absolute Gasteiger partial charge is 0.481 e. The molecular formula is C26H30N2O5. The van der Waals surface area contributed by atoms with Crippen LogP contribution in [0.15, 0.2) is 48.5 Å². The van der Waals surface area contributed by atoms with E-state index in [0.717, 1.165) is 11.1 Å². The lowest BCUT2D eigenvalue weighted by molar-refractivity contribution is -0.138. The van der Waals surface area contributed by atoms with E-state index in [1.807, 2.05) is 31.2 Å². The molecule has 1 fully saturated rings. The summed E-state index contributed by atoms with van der Waals surface area (Å²) in [7, 11) is 0. The molecule has 1 heterocycles. The van der Waals surface area contributed by atoms with Crippen molar-refractivity contribution in [2.75, 3.05) is 19.7 Å². The van der Waals surface area contributed by atoms with Gasteiger partial charge in [0, 0.05) is 37.9 Å². The van der Waals surface area contributed by atoms with Crippen LogP contribution in [0, 0.1) is 5.92 Å². The van der Waals surface area contributed by atoms with Crippen molar-refractivity contribution < 1.29 is 24.2 Å². The van der Waals surface area contributed by atoms with Crippen molar-refractivity contribution >= 4 is 18.0 Å². The van der Waals surface area contributed by atoms with Crippen LogP contribution in [0.25, 0.3) is 11.1 Å². The predicted octanol–water partition coefficient (Wildman–Crippen LogP) is 4.02. The number of amides is 2. The van der Waals surface area contributed by atoms with Crippen molar-refractivity contribution in [2.45, 2.75) is 44.6 Å². The zero-order chi connectivity index (χ0) is 23.4. The fraction of sp³-hybridized carbons (Fsp3) is 0.423. The normalized spacial score (nSPS) is 17.8. The highest BCUT2D eigenvalue weighted by Gasteiger charge is 2.31. The predicted molar refractivity (Wildman–Crippen MR) is 124 cm³/mol. The minimum absolute atomic E-state index is 0.00150. The summed E-state index contributed by atoms with van der Waals surface area (Å²) in [6.07, 6.45) is 1.04. The summed E-state index contributed by atoms with van der Waals surface area (Å²) in [6, 6.07) is 16.0. The number of nitrogens with zero attached hydrogens (tertiary/aromatic N) is 1. The molecule has 1 aliphatic carbocycles. The Morgan fingerprint density at radius 1 is 1.09 bits per heavy atom. The summed E-state index contributed by atoms with van der Waals surface area (Å²) in [5.41, 5.74) is 4.65. The van der Waals surface area contributed by atoms with Crippen molar-refractivity contribution in [3.05, 3.63) is 59.7 Å². The highest BCUT2D eigenvalue weighted by Crippen LogP contribution is 2.44. The summed E-state index contributed by atoms with van der Waals surface area (Å²) >= 11 is 0. The Balaban J connectivity index is 1.30. The number of hydrogen-bond donors (Lipinski definition) is 2.